The number of fused-ring (bicyclic) bond motifs is 1. The summed E-state index contributed by atoms with van der Waals surface area (Å²) in [5, 5.41) is 21.0. The highest BCUT2D eigenvalue weighted by atomic mass is 35.5. The lowest BCUT2D eigenvalue weighted by atomic mass is 10.3. The molecule has 0 aliphatic heterocycles. The van der Waals surface area contributed by atoms with E-state index in [-0.39, 0.29) is 5.71 Å². The van der Waals surface area contributed by atoms with Crippen molar-refractivity contribution < 1.29 is 0 Å². The average molecular weight is 293 g/mol. The van der Waals surface area contributed by atoms with Crippen molar-refractivity contribution in [2.45, 2.75) is 6.92 Å². The molecule has 0 bridgehead atoms. The van der Waals surface area contributed by atoms with Crippen LogP contribution in [0.15, 0.2) is 17.2 Å². The molecule has 0 amide bonds. The first-order valence-corrected chi connectivity index (χ1v) is 6.36. The van der Waals surface area contributed by atoms with Crippen molar-refractivity contribution in [2.24, 2.45) is 10.8 Å². The van der Waals surface area contributed by atoms with Crippen LogP contribution in [0.1, 0.15) is 5.01 Å². The summed E-state index contributed by atoms with van der Waals surface area (Å²) in [5.74, 6) is -0.402. The van der Waals surface area contributed by atoms with E-state index in [1.165, 1.54) is 11.3 Å². The summed E-state index contributed by atoms with van der Waals surface area (Å²) in [5.41, 5.74) is 8.98. The third-order valence-electron chi connectivity index (χ3n) is 2.25. The lowest BCUT2D eigenvalue weighted by Crippen LogP contribution is -2.21. The summed E-state index contributed by atoms with van der Waals surface area (Å²) in [6.45, 7) is 1.90. The number of rotatable bonds is 3. The second-order valence-electron chi connectivity index (χ2n) is 3.61. The second kappa shape index (κ2) is 5.22. The average Bonchev–Trinajstić information content (AvgIpc) is 2.74. The number of hydrogen-bond donors (Lipinski definition) is 3. The van der Waals surface area contributed by atoms with Crippen LogP contribution in [0.4, 0.5) is 5.69 Å². The minimum Gasteiger partial charge on any atom is -0.382 e. The zero-order valence-corrected chi connectivity index (χ0v) is 11.4. The number of nitrogens with two attached hydrogens (primary N) is 1. The normalized spacial score (nSPS) is 11.3. The van der Waals surface area contributed by atoms with Gasteiger partial charge in [0, 0.05) is 0 Å². The molecule has 0 spiro atoms. The molecule has 0 radical (unpaired) electrons. The molecule has 0 fully saturated rings. The van der Waals surface area contributed by atoms with Gasteiger partial charge in [-0.1, -0.05) is 11.6 Å². The minimum atomic E-state index is -0.402. The number of benzene rings is 1. The van der Waals surface area contributed by atoms with E-state index in [1.54, 1.807) is 12.1 Å². The molecule has 2 aromatic rings. The van der Waals surface area contributed by atoms with Crippen LogP contribution in [0.3, 0.4) is 0 Å². The molecule has 6 nitrogen and oxygen atoms in total. The number of aromatic nitrogens is 1. The van der Waals surface area contributed by atoms with Gasteiger partial charge in [-0.15, -0.1) is 11.3 Å². The Morgan fingerprint density at radius 3 is 3.00 bits per heavy atom. The van der Waals surface area contributed by atoms with E-state index in [1.807, 2.05) is 13.0 Å². The third kappa shape index (κ3) is 2.65. The smallest absolute Gasteiger partial charge is 0.201 e. The summed E-state index contributed by atoms with van der Waals surface area (Å²) in [6.07, 6.45) is 0. The van der Waals surface area contributed by atoms with Crippen molar-refractivity contribution in [1.29, 1.82) is 10.7 Å². The van der Waals surface area contributed by atoms with Crippen LogP contribution in [-0.2, 0) is 0 Å². The maximum absolute atomic E-state index is 8.74. The van der Waals surface area contributed by atoms with Crippen molar-refractivity contribution in [3.63, 3.8) is 0 Å². The van der Waals surface area contributed by atoms with Gasteiger partial charge in [0.15, 0.2) is 5.84 Å². The monoisotopic (exact) mass is 292 g/mol. The zero-order chi connectivity index (χ0) is 14.0. The highest BCUT2D eigenvalue weighted by molar-refractivity contribution is 7.19. The van der Waals surface area contributed by atoms with Crippen molar-refractivity contribution in [3.05, 3.63) is 22.2 Å². The highest BCUT2D eigenvalue weighted by Gasteiger charge is 2.09. The Hall–Kier alpha value is -2.17. The number of nitrogens with zero attached hydrogens (tertiary/aromatic N) is 3. The van der Waals surface area contributed by atoms with E-state index in [9.17, 15) is 0 Å². The summed E-state index contributed by atoms with van der Waals surface area (Å²) in [4.78, 5) is 4.32. The first-order valence-electron chi connectivity index (χ1n) is 5.16. The van der Waals surface area contributed by atoms with Crippen molar-refractivity contribution >= 4 is 50.4 Å². The van der Waals surface area contributed by atoms with Crippen LogP contribution in [0.2, 0.25) is 5.02 Å². The first kappa shape index (κ1) is 13.3. The van der Waals surface area contributed by atoms with Gasteiger partial charge in [0.25, 0.3) is 0 Å². The van der Waals surface area contributed by atoms with E-state index in [0.717, 1.165) is 15.2 Å². The predicted octanol–water partition coefficient (Wildman–Crippen LogP) is 2.49. The molecule has 0 saturated carbocycles. The van der Waals surface area contributed by atoms with Crippen molar-refractivity contribution in [2.75, 3.05) is 5.43 Å². The van der Waals surface area contributed by atoms with E-state index in [4.69, 9.17) is 28.0 Å². The summed E-state index contributed by atoms with van der Waals surface area (Å²) >= 11 is 7.71. The maximum atomic E-state index is 8.74. The molecule has 0 atom stereocenters. The minimum absolute atomic E-state index is 0.198. The van der Waals surface area contributed by atoms with Crippen molar-refractivity contribution in [1.82, 2.24) is 4.98 Å². The van der Waals surface area contributed by atoms with Crippen LogP contribution in [0.5, 0.6) is 0 Å². The molecule has 1 heterocycles. The number of aryl methyl sites for hydroxylation is 1. The quantitative estimate of drug-likeness (QED) is 0.458. The number of hydrazone groups is 1. The summed E-state index contributed by atoms with van der Waals surface area (Å²) in [6, 6.07) is 5.24. The number of halogens is 1. The third-order valence-corrected chi connectivity index (χ3v) is 3.76. The molecular formula is C11H9ClN6S. The van der Waals surface area contributed by atoms with Gasteiger partial charge < -0.3 is 5.73 Å². The highest BCUT2D eigenvalue weighted by Crippen LogP contribution is 2.34. The molecule has 4 N–H and O–H groups in total. The Balaban J connectivity index is 2.39. The molecule has 1 aromatic carbocycles. The van der Waals surface area contributed by atoms with Gasteiger partial charge in [0.1, 0.15) is 6.07 Å². The SMILES string of the molecule is Cc1nc2ccc(N/N=C(\C#N)C(=N)N)c(Cl)c2s1. The van der Waals surface area contributed by atoms with E-state index in [2.05, 4.69) is 15.5 Å². The Labute approximate surface area is 118 Å². The van der Waals surface area contributed by atoms with E-state index < -0.39 is 5.84 Å². The van der Waals surface area contributed by atoms with Gasteiger partial charge in [-0.05, 0) is 19.1 Å². The van der Waals surface area contributed by atoms with Gasteiger partial charge in [0.2, 0.25) is 5.71 Å². The lowest BCUT2D eigenvalue weighted by Gasteiger charge is -2.04. The van der Waals surface area contributed by atoms with Crippen LogP contribution >= 0.6 is 22.9 Å². The second-order valence-corrected chi connectivity index (χ2v) is 5.19. The molecule has 0 saturated heterocycles. The fourth-order valence-electron chi connectivity index (χ4n) is 1.42. The topological polar surface area (TPSA) is 111 Å². The molecule has 8 heteroatoms. The van der Waals surface area contributed by atoms with Gasteiger partial charge in [-0.2, -0.15) is 10.4 Å². The standard InChI is InChI=1S/C11H9ClN6S/c1-5-16-7-3-2-6(9(12)10(7)19-5)17-18-8(4-13)11(14)15/h2-3,17H,1H3,(H3,14,15)/b18-8+. The fourth-order valence-corrected chi connectivity index (χ4v) is 2.59. The fraction of sp³-hybridized carbons (Fsp3) is 0.0909. The van der Waals surface area contributed by atoms with Crippen LogP contribution in [-0.4, -0.2) is 16.5 Å². The summed E-state index contributed by atoms with van der Waals surface area (Å²) < 4.78 is 0.848. The molecule has 2 rings (SSSR count). The lowest BCUT2D eigenvalue weighted by molar-refractivity contribution is 1.33. The van der Waals surface area contributed by atoms with Gasteiger partial charge in [-0.3, -0.25) is 10.8 Å². The number of hydrogen-bond acceptors (Lipinski definition) is 6. The zero-order valence-electron chi connectivity index (χ0n) is 9.86. The molecule has 0 unspecified atom stereocenters. The van der Waals surface area contributed by atoms with E-state index >= 15 is 0 Å². The maximum Gasteiger partial charge on any atom is 0.201 e. The largest absolute Gasteiger partial charge is 0.382 e. The molecule has 0 aliphatic rings. The Morgan fingerprint density at radius 1 is 1.63 bits per heavy atom. The van der Waals surface area contributed by atoms with Crippen LogP contribution < -0.4 is 11.2 Å². The van der Waals surface area contributed by atoms with Crippen molar-refractivity contribution in [3.8, 4) is 6.07 Å². The number of nitriles is 1. The Bertz CT molecular complexity index is 727. The van der Waals surface area contributed by atoms with E-state index in [0.29, 0.717) is 10.7 Å². The van der Waals surface area contributed by atoms with Gasteiger partial charge >= 0.3 is 0 Å². The molecule has 0 aliphatic carbocycles. The summed E-state index contributed by atoms with van der Waals surface area (Å²) in [7, 11) is 0. The number of amidine groups is 1. The Kier molecular flexibility index (Phi) is 3.64. The van der Waals surface area contributed by atoms with Gasteiger partial charge in [0.05, 0.1) is 25.9 Å². The predicted molar refractivity (Wildman–Crippen MR) is 78.0 cm³/mol. The molecule has 1 aromatic heterocycles. The first-order chi connectivity index (χ1) is 9.02. The number of nitrogens with one attached hydrogen (secondary N) is 2. The number of anilines is 1. The molecular weight excluding hydrogens is 284 g/mol. The molecule has 96 valence electrons. The van der Waals surface area contributed by atoms with Crippen LogP contribution in [0.25, 0.3) is 10.2 Å². The molecule has 19 heavy (non-hydrogen) atoms. The number of thiazole rings is 1. The van der Waals surface area contributed by atoms with Gasteiger partial charge in [-0.25, -0.2) is 4.98 Å². The Morgan fingerprint density at radius 2 is 2.37 bits per heavy atom. The van der Waals surface area contributed by atoms with Crippen LogP contribution in [0, 0.1) is 23.7 Å².